The summed E-state index contributed by atoms with van der Waals surface area (Å²) in [5.41, 5.74) is 1.13. The first-order chi connectivity index (χ1) is 11.2. The van der Waals surface area contributed by atoms with Crippen molar-refractivity contribution < 1.29 is 18.9 Å². The molecule has 0 unspecified atom stereocenters. The number of ether oxygens (including phenoxy) is 4. The highest BCUT2D eigenvalue weighted by Gasteiger charge is 2.04. The van der Waals surface area contributed by atoms with Crippen molar-refractivity contribution in [3.05, 3.63) is 53.1 Å². The average Bonchev–Trinajstić information content (AvgIpc) is 2.55. The molecule has 0 saturated carbocycles. The Kier molecular flexibility index (Phi) is 7.04. The molecule has 0 aliphatic rings. The Morgan fingerprint density at radius 3 is 2.39 bits per heavy atom. The van der Waals surface area contributed by atoms with E-state index >= 15 is 0 Å². The molecule has 0 fully saturated rings. The molecule has 2 rings (SSSR count). The maximum absolute atomic E-state index is 5.88. The molecule has 0 bridgehead atoms. The normalized spacial score (nSPS) is 10.4. The van der Waals surface area contributed by atoms with Crippen LogP contribution in [0.3, 0.4) is 0 Å². The van der Waals surface area contributed by atoms with Crippen LogP contribution in [0.25, 0.3) is 0 Å². The molecule has 5 heteroatoms. The van der Waals surface area contributed by atoms with Gasteiger partial charge < -0.3 is 18.9 Å². The molecule has 0 aromatic heterocycles. The van der Waals surface area contributed by atoms with Crippen LogP contribution in [0.5, 0.6) is 17.2 Å². The van der Waals surface area contributed by atoms with Crippen LogP contribution in [0.1, 0.15) is 5.56 Å². The molecule has 0 amide bonds. The van der Waals surface area contributed by atoms with Gasteiger partial charge in [0.25, 0.3) is 0 Å². The topological polar surface area (TPSA) is 36.9 Å². The number of halogens is 1. The zero-order chi connectivity index (χ0) is 16.5. The summed E-state index contributed by atoms with van der Waals surface area (Å²) in [5, 5.41) is 0.656. The van der Waals surface area contributed by atoms with Crippen molar-refractivity contribution >= 4 is 11.6 Å². The highest BCUT2D eigenvalue weighted by molar-refractivity contribution is 6.30. The maximum atomic E-state index is 5.88. The van der Waals surface area contributed by atoms with Crippen LogP contribution in [0.15, 0.2) is 42.5 Å². The summed E-state index contributed by atoms with van der Waals surface area (Å²) in [6, 6.07) is 13.1. The molecule has 0 spiro atoms. The lowest BCUT2D eigenvalue weighted by molar-refractivity contribution is 0.0757. The first-order valence-corrected chi connectivity index (χ1v) is 7.80. The smallest absolute Gasteiger partial charge is 0.161 e. The zero-order valence-corrected chi connectivity index (χ0v) is 14.1. The molecule has 0 N–H and O–H groups in total. The van der Waals surface area contributed by atoms with Crippen LogP contribution in [-0.2, 0) is 4.74 Å². The third-order valence-corrected chi connectivity index (χ3v) is 3.33. The Balaban J connectivity index is 1.61. The lowest BCUT2D eigenvalue weighted by Gasteiger charge is -2.11. The molecule has 0 aliphatic heterocycles. The SMILES string of the molecule is COc1cc(C)ccc1OCCOCCOc1cccc(Cl)c1. The summed E-state index contributed by atoms with van der Waals surface area (Å²) in [6.45, 7) is 3.90. The van der Waals surface area contributed by atoms with Gasteiger partial charge in [-0.3, -0.25) is 0 Å². The van der Waals surface area contributed by atoms with E-state index in [-0.39, 0.29) is 0 Å². The van der Waals surface area contributed by atoms with E-state index in [0.29, 0.717) is 31.5 Å². The highest BCUT2D eigenvalue weighted by Crippen LogP contribution is 2.27. The first-order valence-electron chi connectivity index (χ1n) is 7.42. The molecule has 4 nitrogen and oxygen atoms in total. The zero-order valence-electron chi connectivity index (χ0n) is 13.4. The minimum absolute atomic E-state index is 0.455. The Bertz CT molecular complexity index is 616. The van der Waals surface area contributed by atoms with Gasteiger partial charge in [-0.25, -0.2) is 0 Å². The van der Waals surface area contributed by atoms with Gasteiger partial charge in [0.2, 0.25) is 0 Å². The summed E-state index contributed by atoms with van der Waals surface area (Å²) >= 11 is 5.88. The summed E-state index contributed by atoms with van der Waals surface area (Å²) in [5.74, 6) is 2.19. The first kappa shape index (κ1) is 17.4. The van der Waals surface area contributed by atoms with Crippen molar-refractivity contribution in [3.8, 4) is 17.2 Å². The van der Waals surface area contributed by atoms with Crippen LogP contribution in [0, 0.1) is 6.92 Å². The molecule has 124 valence electrons. The van der Waals surface area contributed by atoms with Gasteiger partial charge in [0.05, 0.1) is 20.3 Å². The fraction of sp³-hybridized carbons (Fsp3) is 0.333. The monoisotopic (exact) mass is 336 g/mol. The molecular weight excluding hydrogens is 316 g/mol. The Morgan fingerprint density at radius 1 is 0.870 bits per heavy atom. The number of benzene rings is 2. The number of aryl methyl sites for hydroxylation is 1. The van der Waals surface area contributed by atoms with E-state index in [4.69, 9.17) is 30.5 Å². The van der Waals surface area contributed by atoms with Crippen molar-refractivity contribution in [2.75, 3.05) is 33.5 Å². The largest absolute Gasteiger partial charge is 0.493 e. The van der Waals surface area contributed by atoms with Crippen LogP contribution < -0.4 is 14.2 Å². The molecule has 0 saturated heterocycles. The minimum Gasteiger partial charge on any atom is -0.493 e. The lowest BCUT2D eigenvalue weighted by atomic mass is 10.2. The molecule has 0 aliphatic carbocycles. The predicted octanol–water partition coefficient (Wildman–Crippen LogP) is 4.13. The lowest BCUT2D eigenvalue weighted by Crippen LogP contribution is -2.12. The minimum atomic E-state index is 0.455. The van der Waals surface area contributed by atoms with Crippen molar-refractivity contribution in [1.29, 1.82) is 0 Å². The van der Waals surface area contributed by atoms with Gasteiger partial charge in [-0.2, -0.15) is 0 Å². The van der Waals surface area contributed by atoms with Gasteiger partial charge in [0.1, 0.15) is 19.0 Å². The van der Waals surface area contributed by atoms with Crippen molar-refractivity contribution in [1.82, 2.24) is 0 Å². The van der Waals surface area contributed by atoms with Crippen LogP contribution in [0.2, 0.25) is 5.02 Å². The number of rotatable bonds is 9. The third-order valence-electron chi connectivity index (χ3n) is 3.10. The van der Waals surface area contributed by atoms with E-state index in [1.807, 2.05) is 43.3 Å². The molecule has 0 atom stereocenters. The second-order valence-electron chi connectivity index (χ2n) is 4.92. The van der Waals surface area contributed by atoms with Gasteiger partial charge in [0, 0.05) is 5.02 Å². The summed E-state index contributed by atoms with van der Waals surface area (Å²) in [7, 11) is 1.63. The van der Waals surface area contributed by atoms with Crippen LogP contribution in [0.4, 0.5) is 0 Å². The van der Waals surface area contributed by atoms with E-state index in [2.05, 4.69) is 0 Å². The van der Waals surface area contributed by atoms with E-state index in [1.54, 1.807) is 13.2 Å². The standard InChI is InChI=1S/C18H21ClO4/c1-14-6-7-17(18(12-14)20-2)23-11-9-21-8-10-22-16-5-3-4-15(19)13-16/h3-7,12-13H,8-11H2,1-2H3. The predicted molar refractivity (Wildman–Crippen MR) is 91.0 cm³/mol. The summed E-state index contributed by atoms with van der Waals surface area (Å²) in [4.78, 5) is 0. The van der Waals surface area contributed by atoms with Crippen molar-refractivity contribution in [2.45, 2.75) is 6.92 Å². The molecule has 23 heavy (non-hydrogen) atoms. The summed E-state index contributed by atoms with van der Waals surface area (Å²) < 4.78 is 22.0. The van der Waals surface area contributed by atoms with E-state index < -0.39 is 0 Å². The van der Waals surface area contributed by atoms with Gasteiger partial charge in [-0.1, -0.05) is 23.7 Å². The van der Waals surface area contributed by atoms with Crippen molar-refractivity contribution in [2.24, 2.45) is 0 Å². The average molecular weight is 337 g/mol. The van der Waals surface area contributed by atoms with Gasteiger partial charge in [-0.05, 0) is 42.8 Å². The summed E-state index contributed by atoms with van der Waals surface area (Å²) in [6.07, 6.45) is 0. The van der Waals surface area contributed by atoms with Crippen molar-refractivity contribution in [3.63, 3.8) is 0 Å². The highest BCUT2D eigenvalue weighted by atomic mass is 35.5. The second-order valence-corrected chi connectivity index (χ2v) is 5.36. The Labute approximate surface area is 141 Å². The van der Waals surface area contributed by atoms with Crippen LogP contribution >= 0.6 is 11.6 Å². The van der Waals surface area contributed by atoms with Gasteiger partial charge in [0.15, 0.2) is 11.5 Å². The fourth-order valence-electron chi connectivity index (χ4n) is 1.98. The van der Waals surface area contributed by atoms with Gasteiger partial charge >= 0.3 is 0 Å². The fourth-order valence-corrected chi connectivity index (χ4v) is 2.16. The molecule has 0 heterocycles. The number of methoxy groups -OCH3 is 1. The number of hydrogen-bond acceptors (Lipinski definition) is 4. The molecule has 2 aromatic rings. The second kappa shape index (κ2) is 9.28. The Morgan fingerprint density at radius 2 is 1.65 bits per heavy atom. The quantitative estimate of drug-likeness (QED) is 0.645. The van der Waals surface area contributed by atoms with E-state index in [9.17, 15) is 0 Å². The van der Waals surface area contributed by atoms with Gasteiger partial charge in [-0.15, -0.1) is 0 Å². The van der Waals surface area contributed by atoms with E-state index in [1.165, 1.54) is 0 Å². The molecular formula is C18H21ClO4. The van der Waals surface area contributed by atoms with Crippen LogP contribution in [-0.4, -0.2) is 33.5 Å². The van der Waals surface area contributed by atoms with E-state index in [0.717, 1.165) is 22.8 Å². The molecule has 2 aromatic carbocycles. The number of hydrogen-bond donors (Lipinski definition) is 0. The molecule has 0 radical (unpaired) electrons. The Hall–Kier alpha value is -1.91. The maximum Gasteiger partial charge on any atom is 0.161 e. The third kappa shape index (κ3) is 6.00.